The van der Waals surface area contributed by atoms with Crippen LogP contribution in [0.1, 0.15) is 6.42 Å². The molecule has 0 saturated carbocycles. The molecule has 0 heterocycles. The molecule has 7 heavy (non-hydrogen) atoms. The Kier molecular flexibility index (Phi) is 2.92. The molecule has 3 nitrogen and oxygen atoms in total. The average Bonchev–Trinajstić information content (AvgIpc) is 1.61. The lowest BCUT2D eigenvalue weighted by molar-refractivity contribution is -0.135. The summed E-state index contributed by atoms with van der Waals surface area (Å²) < 4.78 is 0. The molecular weight excluding hydrogens is 94.0 g/mol. The van der Waals surface area contributed by atoms with Crippen molar-refractivity contribution in [2.75, 3.05) is 7.05 Å². The Morgan fingerprint density at radius 2 is 2.57 bits per heavy atom. The predicted octanol–water partition coefficient (Wildman–Crippen LogP) is 0.162. The van der Waals surface area contributed by atoms with Gasteiger partial charge in [0.1, 0.15) is 0 Å². The molecule has 0 spiro atoms. The lowest BCUT2D eigenvalue weighted by Crippen LogP contribution is -1.93. The number of hydrogen-bond acceptors (Lipinski definition) is 2. The topological polar surface area (TPSA) is 49.7 Å². The minimum absolute atomic E-state index is 0.0243. The molecule has 0 aromatic rings. The van der Waals surface area contributed by atoms with Crippen LogP contribution in [0.15, 0.2) is 4.99 Å². The van der Waals surface area contributed by atoms with Crippen molar-refractivity contribution in [3.63, 3.8) is 0 Å². The number of carboxylic acid groups (broad SMARTS) is 1. The van der Waals surface area contributed by atoms with Crippen molar-refractivity contribution in [2.24, 2.45) is 4.99 Å². The van der Waals surface area contributed by atoms with Gasteiger partial charge in [0, 0.05) is 13.3 Å². The summed E-state index contributed by atoms with van der Waals surface area (Å²) in [5.41, 5.74) is 0. The molecule has 0 bridgehead atoms. The number of aliphatic imine (C=N–C) groups is 1. The van der Waals surface area contributed by atoms with Gasteiger partial charge >= 0.3 is 5.97 Å². The van der Waals surface area contributed by atoms with Crippen LogP contribution in [-0.4, -0.2) is 24.3 Å². The highest BCUT2D eigenvalue weighted by Crippen LogP contribution is 1.69. The molecule has 0 rings (SSSR count). The zero-order chi connectivity index (χ0) is 5.70. The van der Waals surface area contributed by atoms with Crippen LogP contribution < -0.4 is 0 Å². The van der Waals surface area contributed by atoms with Crippen LogP contribution in [0.25, 0.3) is 0 Å². The summed E-state index contributed by atoms with van der Waals surface area (Å²) in [5.74, 6) is -0.842. The zero-order valence-corrected chi connectivity index (χ0v) is 4.09. The second-order valence-electron chi connectivity index (χ2n) is 1.04. The van der Waals surface area contributed by atoms with Crippen molar-refractivity contribution in [2.45, 2.75) is 6.42 Å². The van der Waals surface area contributed by atoms with E-state index in [2.05, 4.69) is 4.99 Å². The first-order valence-electron chi connectivity index (χ1n) is 1.89. The molecule has 0 fully saturated rings. The van der Waals surface area contributed by atoms with Crippen molar-refractivity contribution in [1.82, 2.24) is 0 Å². The SMILES string of the molecule is C/N=C\CC(=O)O. The Bertz CT molecular complexity index is 87.7. The third kappa shape index (κ3) is 5.14. The van der Waals surface area contributed by atoms with Crippen LogP contribution in [0.2, 0.25) is 0 Å². The highest BCUT2D eigenvalue weighted by Gasteiger charge is 1.86. The summed E-state index contributed by atoms with van der Waals surface area (Å²) in [5, 5.41) is 7.95. The van der Waals surface area contributed by atoms with Gasteiger partial charge in [-0.3, -0.25) is 4.79 Å². The fourth-order valence-corrected chi connectivity index (χ4v) is 0.169. The van der Waals surface area contributed by atoms with E-state index in [1.807, 2.05) is 0 Å². The van der Waals surface area contributed by atoms with Gasteiger partial charge in [0.2, 0.25) is 0 Å². The Labute approximate surface area is 41.7 Å². The quantitative estimate of drug-likeness (QED) is 0.504. The third-order valence-electron chi connectivity index (χ3n) is 0.448. The van der Waals surface area contributed by atoms with Crippen LogP contribution >= 0.6 is 0 Å². The smallest absolute Gasteiger partial charge is 0.308 e. The number of rotatable bonds is 2. The van der Waals surface area contributed by atoms with Gasteiger partial charge in [-0.1, -0.05) is 0 Å². The van der Waals surface area contributed by atoms with E-state index in [0.29, 0.717) is 0 Å². The van der Waals surface area contributed by atoms with Crippen molar-refractivity contribution in [3.05, 3.63) is 0 Å². The molecule has 0 aromatic heterocycles. The highest BCUT2D eigenvalue weighted by molar-refractivity contribution is 5.84. The fourth-order valence-electron chi connectivity index (χ4n) is 0.169. The minimum atomic E-state index is -0.842. The first-order valence-corrected chi connectivity index (χ1v) is 1.89. The molecule has 40 valence electrons. The maximum Gasteiger partial charge on any atom is 0.308 e. The molecule has 0 aliphatic carbocycles. The second kappa shape index (κ2) is 3.33. The van der Waals surface area contributed by atoms with Gasteiger partial charge in [-0.05, 0) is 0 Å². The lowest BCUT2D eigenvalue weighted by atomic mass is 10.5. The molecular formula is C4H7NO2. The van der Waals surface area contributed by atoms with Crippen molar-refractivity contribution in [3.8, 4) is 0 Å². The minimum Gasteiger partial charge on any atom is -0.481 e. The predicted molar refractivity (Wildman–Crippen MR) is 26.7 cm³/mol. The molecule has 0 aliphatic heterocycles. The van der Waals surface area contributed by atoms with Gasteiger partial charge in [-0.25, -0.2) is 0 Å². The Morgan fingerprint density at radius 3 is 2.71 bits per heavy atom. The van der Waals surface area contributed by atoms with E-state index in [-0.39, 0.29) is 6.42 Å². The average molecular weight is 101 g/mol. The van der Waals surface area contributed by atoms with E-state index in [1.165, 1.54) is 6.21 Å². The van der Waals surface area contributed by atoms with Gasteiger partial charge in [0.25, 0.3) is 0 Å². The van der Waals surface area contributed by atoms with Crippen LogP contribution in [-0.2, 0) is 4.79 Å². The monoisotopic (exact) mass is 101 g/mol. The molecule has 0 unspecified atom stereocenters. The van der Waals surface area contributed by atoms with Crippen LogP contribution in [0.3, 0.4) is 0 Å². The van der Waals surface area contributed by atoms with Gasteiger partial charge in [0.05, 0.1) is 6.42 Å². The largest absolute Gasteiger partial charge is 0.481 e. The van der Waals surface area contributed by atoms with Crippen molar-refractivity contribution in [1.29, 1.82) is 0 Å². The summed E-state index contributed by atoms with van der Waals surface area (Å²) in [4.78, 5) is 13.1. The zero-order valence-electron chi connectivity index (χ0n) is 4.09. The summed E-state index contributed by atoms with van der Waals surface area (Å²) >= 11 is 0. The van der Waals surface area contributed by atoms with E-state index in [1.54, 1.807) is 7.05 Å². The number of aliphatic carboxylic acids is 1. The summed E-state index contributed by atoms with van der Waals surface area (Å²) in [7, 11) is 1.54. The van der Waals surface area contributed by atoms with Crippen LogP contribution in [0.4, 0.5) is 0 Å². The van der Waals surface area contributed by atoms with Crippen molar-refractivity contribution >= 4 is 12.2 Å². The number of carbonyl (C=O) groups is 1. The second-order valence-corrected chi connectivity index (χ2v) is 1.04. The van der Waals surface area contributed by atoms with Crippen LogP contribution in [0, 0.1) is 0 Å². The maximum absolute atomic E-state index is 9.67. The van der Waals surface area contributed by atoms with Crippen molar-refractivity contribution < 1.29 is 9.90 Å². The summed E-state index contributed by atoms with van der Waals surface area (Å²) in [6.07, 6.45) is 1.37. The van der Waals surface area contributed by atoms with Gasteiger partial charge in [-0.2, -0.15) is 0 Å². The van der Waals surface area contributed by atoms with Gasteiger partial charge < -0.3 is 10.1 Å². The molecule has 0 aromatic carbocycles. The Balaban J connectivity index is 3.14. The first-order chi connectivity index (χ1) is 3.27. The van der Waals surface area contributed by atoms with Crippen LogP contribution in [0.5, 0.6) is 0 Å². The summed E-state index contributed by atoms with van der Waals surface area (Å²) in [6.45, 7) is 0. The van der Waals surface area contributed by atoms with E-state index in [4.69, 9.17) is 5.11 Å². The molecule has 3 heteroatoms. The molecule has 0 amide bonds. The molecule has 0 atom stereocenters. The van der Waals surface area contributed by atoms with E-state index in [9.17, 15) is 4.79 Å². The Hall–Kier alpha value is -0.860. The molecule has 0 aliphatic rings. The maximum atomic E-state index is 9.67. The van der Waals surface area contributed by atoms with E-state index < -0.39 is 5.97 Å². The summed E-state index contributed by atoms with van der Waals surface area (Å²) in [6, 6.07) is 0. The number of nitrogens with zero attached hydrogens (tertiary/aromatic N) is 1. The molecule has 0 radical (unpaired) electrons. The van der Waals surface area contributed by atoms with E-state index >= 15 is 0 Å². The fraction of sp³-hybridized carbons (Fsp3) is 0.500. The molecule has 0 saturated heterocycles. The number of hydrogen-bond donors (Lipinski definition) is 1. The van der Waals surface area contributed by atoms with Gasteiger partial charge in [-0.15, -0.1) is 0 Å². The first kappa shape index (κ1) is 6.14. The van der Waals surface area contributed by atoms with Gasteiger partial charge in [0.15, 0.2) is 0 Å². The standard InChI is InChI=1S/C4H7NO2/c1-5-3-2-4(6)7/h3H,2H2,1H3,(H,6,7)/b5-3-. The Morgan fingerprint density at radius 1 is 2.00 bits per heavy atom. The number of carboxylic acids is 1. The lowest BCUT2D eigenvalue weighted by Gasteiger charge is -1.77. The highest BCUT2D eigenvalue weighted by atomic mass is 16.4. The third-order valence-corrected chi connectivity index (χ3v) is 0.448. The molecule has 1 N–H and O–H groups in total. The normalized spacial score (nSPS) is 9.86. The van der Waals surface area contributed by atoms with E-state index in [0.717, 1.165) is 0 Å².